The largest absolute Gasteiger partial charge is 0.460 e. The molecule has 144 valence electrons. The van der Waals surface area contributed by atoms with Crippen LogP contribution < -0.4 is 5.43 Å². The highest BCUT2D eigenvalue weighted by atomic mass is 19.4. The first kappa shape index (κ1) is 21.6. The van der Waals surface area contributed by atoms with Crippen LogP contribution in [0.2, 0.25) is 0 Å². The van der Waals surface area contributed by atoms with Gasteiger partial charge in [-0.15, -0.1) is 0 Å². The van der Waals surface area contributed by atoms with Gasteiger partial charge in [0.05, 0.1) is 6.42 Å². The lowest BCUT2D eigenvalue weighted by molar-refractivity contribution is -0.343. The summed E-state index contributed by atoms with van der Waals surface area (Å²) in [6, 6.07) is 6.01. The highest BCUT2D eigenvalue weighted by Crippen LogP contribution is 2.47. The lowest BCUT2D eigenvalue weighted by Gasteiger charge is -2.26. The number of nitrogens with zero attached hydrogens (tertiary/aromatic N) is 1. The Morgan fingerprint density at radius 3 is 1.96 bits per heavy atom. The zero-order valence-electron chi connectivity index (χ0n) is 13.4. The Hall–Kier alpha value is -2.46. The van der Waals surface area contributed by atoms with Crippen LogP contribution in [0.25, 0.3) is 0 Å². The molecule has 26 heavy (non-hydrogen) atoms. The van der Waals surface area contributed by atoms with E-state index < -0.39 is 41.8 Å². The lowest BCUT2D eigenvalue weighted by atomic mass is 10.0. The Labute approximate surface area is 143 Å². The van der Waals surface area contributed by atoms with Crippen molar-refractivity contribution in [1.29, 1.82) is 0 Å². The molecule has 0 aliphatic carbocycles. The van der Waals surface area contributed by atoms with E-state index in [4.69, 9.17) is 0 Å². The van der Waals surface area contributed by atoms with Crippen molar-refractivity contribution in [2.24, 2.45) is 5.10 Å². The van der Waals surface area contributed by atoms with Crippen LogP contribution in [0.3, 0.4) is 0 Å². The van der Waals surface area contributed by atoms with E-state index in [0.29, 0.717) is 0 Å². The molecule has 1 rings (SSSR count). The van der Waals surface area contributed by atoms with Crippen LogP contribution in [0, 0.1) is 6.92 Å². The molecule has 1 N–H and O–H groups in total. The topological polar surface area (TPSA) is 58.5 Å². The summed E-state index contributed by atoms with van der Waals surface area (Å²) in [6.45, 7) is 2.67. The second-order valence-corrected chi connectivity index (χ2v) is 5.40. The molecule has 11 heteroatoms. The third-order valence-corrected chi connectivity index (χ3v) is 3.18. The number of aryl methyl sites for hydroxylation is 1. The van der Waals surface area contributed by atoms with E-state index in [-0.39, 0.29) is 5.56 Å². The summed E-state index contributed by atoms with van der Waals surface area (Å²) in [7, 11) is 0. The van der Waals surface area contributed by atoms with Crippen LogP contribution in [0.15, 0.2) is 29.4 Å². The van der Waals surface area contributed by atoms with Crippen LogP contribution in [0.5, 0.6) is 0 Å². The number of benzene rings is 1. The number of halogens is 7. The van der Waals surface area contributed by atoms with Gasteiger partial charge in [0.25, 0.3) is 5.91 Å². The molecule has 1 amide bonds. The van der Waals surface area contributed by atoms with Gasteiger partial charge in [-0.2, -0.15) is 35.8 Å². The summed E-state index contributed by atoms with van der Waals surface area (Å²) in [5.74, 6) is -16.0. The molecule has 0 aliphatic heterocycles. The number of amides is 1. The summed E-state index contributed by atoms with van der Waals surface area (Å²) >= 11 is 0. The molecule has 0 saturated heterocycles. The minimum atomic E-state index is -6.60. The number of alkyl halides is 7. The number of carbonyl (C=O) groups excluding carboxylic acids is 2. The van der Waals surface area contributed by atoms with Gasteiger partial charge in [0.15, 0.2) is 0 Å². The Bertz CT molecular complexity index is 710. The van der Waals surface area contributed by atoms with Gasteiger partial charge in [-0.1, -0.05) is 17.7 Å². The van der Waals surface area contributed by atoms with Gasteiger partial charge in [0.2, 0.25) is 5.78 Å². The number of hydrogen-bond donors (Lipinski definition) is 1. The Morgan fingerprint density at radius 1 is 1.00 bits per heavy atom. The van der Waals surface area contributed by atoms with Crippen LogP contribution in [0.4, 0.5) is 30.7 Å². The van der Waals surface area contributed by atoms with Crippen molar-refractivity contribution in [3.05, 3.63) is 35.4 Å². The number of hydrazone groups is 1. The summed E-state index contributed by atoms with van der Waals surface area (Å²) in [6.07, 6.45) is -8.11. The van der Waals surface area contributed by atoms with Gasteiger partial charge < -0.3 is 0 Å². The van der Waals surface area contributed by atoms with Crippen LogP contribution >= 0.6 is 0 Å². The van der Waals surface area contributed by atoms with Crippen molar-refractivity contribution < 1.29 is 40.3 Å². The number of Topliss-reactive ketones (excluding diaryl/α,β-unsaturated/α-hetero) is 1. The van der Waals surface area contributed by atoms with E-state index >= 15 is 0 Å². The second kappa shape index (κ2) is 7.42. The summed E-state index contributed by atoms with van der Waals surface area (Å²) in [4.78, 5) is 22.9. The first-order valence-corrected chi connectivity index (χ1v) is 6.96. The fourth-order valence-electron chi connectivity index (χ4n) is 1.65. The van der Waals surface area contributed by atoms with Gasteiger partial charge in [0, 0.05) is 11.3 Å². The molecule has 1 aromatic carbocycles. The van der Waals surface area contributed by atoms with Crippen molar-refractivity contribution in [1.82, 2.24) is 5.43 Å². The van der Waals surface area contributed by atoms with Gasteiger partial charge >= 0.3 is 18.0 Å². The summed E-state index contributed by atoms with van der Waals surface area (Å²) in [5.41, 5.74) is 2.29. The molecular weight excluding hydrogens is 373 g/mol. The average Bonchev–Trinajstić information content (AvgIpc) is 2.51. The van der Waals surface area contributed by atoms with Crippen LogP contribution in [-0.2, 0) is 4.79 Å². The first-order chi connectivity index (χ1) is 11.7. The molecule has 0 saturated carbocycles. The minimum absolute atomic E-state index is 0.132. The molecule has 0 unspecified atom stereocenters. The smallest absolute Gasteiger partial charge is 0.292 e. The van der Waals surface area contributed by atoms with E-state index in [1.54, 1.807) is 19.1 Å². The normalized spacial score (nSPS) is 13.5. The molecule has 0 fully saturated rings. The SMILES string of the molecule is C/C(CC(=O)C(F)(F)C(F)(F)C(F)(F)F)=N/NC(=O)c1ccc(C)cc1. The van der Waals surface area contributed by atoms with Crippen molar-refractivity contribution in [2.75, 3.05) is 0 Å². The standard InChI is InChI=1S/C15H13F7N2O2/c1-8-3-5-10(6-4-8)12(26)24-23-9(2)7-11(25)13(16,17)14(18,19)15(20,21)22/h3-6H,7H2,1-2H3,(H,24,26)/b23-9-. The number of ketones is 1. The Morgan fingerprint density at radius 2 is 1.50 bits per heavy atom. The Kier molecular flexibility index (Phi) is 6.16. The molecule has 4 nitrogen and oxygen atoms in total. The molecule has 0 aromatic heterocycles. The zero-order chi connectivity index (χ0) is 20.3. The van der Waals surface area contributed by atoms with E-state index in [1.165, 1.54) is 12.1 Å². The fourth-order valence-corrected chi connectivity index (χ4v) is 1.65. The maximum atomic E-state index is 13.2. The van der Waals surface area contributed by atoms with Crippen LogP contribution in [0.1, 0.15) is 29.3 Å². The quantitative estimate of drug-likeness (QED) is 0.458. The molecule has 0 radical (unpaired) electrons. The van der Waals surface area contributed by atoms with Gasteiger partial charge in [-0.3, -0.25) is 9.59 Å². The minimum Gasteiger partial charge on any atom is -0.292 e. The molecule has 0 heterocycles. The first-order valence-electron chi connectivity index (χ1n) is 6.96. The third kappa shape index (κ3) is 4.58. The van der Waals surface area contributed by atoms with Crippen molar-refractivity contribution in [2.45, 2.75) is 38.3 Å². The maximum absolute atomic E-state index is 13.2. The highest BCUT2D eigenvalue weighted by Gasteiger charge is 2.75. The predicted molar refractivity (Wildman–Crippen MR) is 77.3 cm³/mol. The molecule has 0 bridgehead atoms. The molecule has 1 aromatic rings. The number of rotatable bonds is 6. The summed E-state index contributed by atoms with van der Waals surface area (Å²) < 4.78 is 88.0. The van der Waals surface area contributed by atoms with Crippen LogP contribution in [-0.4, -0.2) is 35.4 Å². The molecule has 0 aliphatic rings. The predicted octanol–water partition coefficient (Wildman–Crippen LogP) is 3.89. The maximum Gasteiger partial charge on any atom is 0.460 e. The van der Waals surface area contributed by atoms with Gasteiger partial charge in [0.1, 0.15) is 0 Å². The Balaban J connectivity index is 2.81. The summed E-state index contributed by atoms with van der Waals surface area (Å²) in [5, 5.41) is 3.26. The number of hydrogen-bond acceptors (Lipinski definition) is 3. The van der Waals surface area contributed by atoms with Crippen molar-refractivity contribution >= 4 is 17.4 Å². The number of nitrogens with one attached hydrogen (secondary N) is 1. The molecular formula is C15H13F7N2O2. The highest BCUT2D eigenvalue weighted by molar-refractivity contribution is 6.05. The average molecular weight is 386 g/mol. The van der Waals surface area contributed by atoms with Crippen molar-refractivity contribution in [3.63, 3.8) is 0 Å². The van der Waals surface area contributed by atoms with E-state index in [0.717, 1.165) is 12.5 Å². The number of carbonyl (C=O) groups is 2. The molecule has 0 spiro atoms. The lowest BCUT2D eigenvalue weighted by Crippen LogP contribution is -2.56. The van der Waals surface area contributed by atoms with E-state index in [9.17, 15) is 40.3 Å². The van der Waals surface area contributed by atoms with Gasteiger partial charge in [-0.05, 0) is 26.0 Å². The zero-order valence-corrected chi connectivity index (χ0v) is 13.4. The fraction of sp³-hybridized carbons (Fsp3) is 0.400. The van der Waals surface area contributed by atoms with Gasteiger partial charge in [-0.25, -0.2) is 5.43 Å². The van der Waals surface area contributed by atoms with E-state index in [1.807, 2.05) is 5.43 Å². The van der Waals surface area contributed by atoms with Crippen molar-refractivity contribution in [3.8, 4) is 0 Å². The second-order valence-electron chi connectivity index (χ2n) is 5.40. The third-order valence-electron chi connectivity index (χ3n) is 3.18. The monoisotopic (exact) mass is 386 g/mol. The molecule has 0 atom stereocenters. The van der Waals surface area contributed by atoms with E-state index in [2.05, 4.69) is 5.10 Å².